The van der Waals surface area contributed by atoms with Crippen molar-refractivity contribution in [1.29, 1.82) is 0 Å². The van der Waals surface area contributed by atoms with Gasteiger partial charge < -0.3 is 14.4 Å². The minimum Gasteiger partial charge on any atom is -0.478 e. The van der Waals surface area contributed by atoms with Gasteiger partial charge in [0.25, 0.3) is 0 Å². The van der Waals surface area contributed by atoms with Crippen molar-refractivity contribution in [1.82, 2.24) is 9.88 Å². The molecule has 1 aromatic rings. The van der Waals surface area contributed by atoms with E-state index in [2.05, 4.69) is 4.98 Å². The van der Waals surface area contributed by atoms with Crippen LogP contribution in [0.5, 0.6) is 5.88 Å². The molecule has 0 bridgehead atoms. The van der Waals surface area contributed by atoms with E-state index in [0.717, 1.165) is 45.4 Å². The summed E-state index contributed by atoms with van der Waals surface area (Å²) in [6, 6.07) is 5.71. The van der Waals surface area contributed by atoms with Crippen molar-refractivity contribution in [3.05, 3.63) is 24.4 Å². The number of hydrogen-bond acceptors (Lipinski definition) is 4. The van der Waals surface area contributed by atoms with Crippen LogP contribution in [0.25, 0.3) is 0 Å². The Kier molecular flexibility index (Phi) is 5.32. The standard InChI is InChI=1S/C20H30N2O3/c1-19(2,3)18(23)22-12-9-20(10-13-22)16(8-15-25-20)7-14-24-17-6-4-5-11-21-17/h4-6,11,16H,7-10,12-15H2,1-3H3. The van der Waals surface area contributed by atoms with E-state index in [0.29, 0.717) is 18.4 Å². The van der Waals surface area contributed by atoms with Crippen LogP contribution in [0.3, 0.4) is 0 Å². The smallest absolute Gasteiger partial charge is 0.227 e. The van der Waals surface area contributed by atoms with E-state index < -0.39 is 0 Å². The molecule has 2 aliphatic heterocycles. The first kappa shape index (κ1) is 18.2. The molecular formula is C20H30N2O3. The molecule has 25 heavy (non-hydrogen) atoms. The fourth-order valence-corrected chi connectivity index (χ4v) is 4.05. The van der Waals surface area contributed by atoms with Crippen molar-refractivity contribution < 1.29 is 14.3 Å². The number of likely N-dealkylation sites (tertiary alicyclic amines) is 1. The molecule has 0 radical (unpaired) electrons. The van der Waals surface area contributed by atoms with Gasteiger partial charge in [-0.25, -0.2) is 4.98 Å². The third kappa shape index (κ3) is 4.14. The highest BCUT2D eigenvalue weighted by molar-refractivity contribution is 5.81. The van der Waals surface area contributed by atoms with E-state index >= 15 is 0 Å². The van der Waals surface area contributed by atoms with Gasteiger partial charge in [-0.15, -0.1) is 0 Å². The molecule has 2 fully saturated rings. The lowest BCUT2D eigenvalue weighted by Crippen LogP contribution is -2.51. The Morgan fingerprint density at radius 2 is 2.12 bits per heavy atom. The molecule has 0 aromatic carbocycles. The monoisotopic (exact) mass is 346 g/mol. The molecule has 1 unspecified atom stereocenters. The molecule has 138 valence electrons. The quantitative estimate of drug-likeness (QED) is 0.839. The number of carbonyl (C=O) groups is 1. The van der Waals surface area contributed by atoms with Crippen LogP contribution >= 0.6 is 0 Å². The zero-order chi connectivity index (χ0) is 17.9. The number of rotatable bonds is 4. The Morgan fingerprint density at radius 3 is 2.76 bits per heavy atom. The second kappa shape index (κ2) is 7.32. The van der Waals surface area contributed by atoms with Crippen molar-refractivity contribution in [3.63, 3.8) is 0 Å². The number of amides is 1. The molecule has 5 nitrogen and oxygen atoms in total. The summed E-state index contributed by atoms with van der Waals surface area (Å²) < 4.78 is 12.0. The molecule has 1 amide bonds. The van der Waals surface area contributed by atoms with Crippen molar-refractivity contribution >= 4 is 5.91 Å². The van der Waals surface area contributed by atoms with Crippen LogP contribution in [0.2, 0.25) is 0 Å². The van der Waals surface area contributed by atoms with E-state index in [1.54, 1.807) is 6.20 Å². The summed E-state index contributed by atoms with van der Waals surface area (Å²) in [4.78, 5) is 18.7. The average molecular weight is 346 g/mol. The predicted molar refractivity (Wildman–Crippen MR) is 96.4 cm³/mol. The number of hydrogen-bond donors (Lipinski definition) is 0. The summed E-state index contributed by atoms with van der Waals surface area (Å²) in [6.07, 6.45) is 5.67. The van der Waals surface area contributed by atoms with Gasteiger partial charge in [-0.1, -0.05) is 26.8 Å². The molecule has 1 atom stereocenters. The second-order valence-corrected chi connectivity index (χ2v) is 8.25. The number of pyridine rings is 1. The van der Waals surface area contributed by atoms with Gasteiger partial charge in [0.1, 0.15) is 0 Å². The lowest BCUT2D eigenvalue weighted by Gasteiger charge is -2.43. The minimum absolute atomic E-state index is 0.0673. The number of nitrogens with zero attached hydrogens (tertiary/aromatic N) is 2. The SMILES string of the molecule is CC(C)(C)C(=O)N1CCC2(CC1)OCCC2CCOc1ccccn1. The molecule has 0 aliphatic carbocycles. The first-order valence-electron chi connectivity index (χ1n) is 9.38. The highest BCUT2D eigenvalue weighted by Crippen LogP contribution is 2.42. The molecule has 0 saturated carbocycles. The lowest BCUT2D eigenvalue weighted by molar-refractivity contribution is -0.145. The van der Waals surface area contributed by atoms with Gasteiger partial charge in [0, 0.05) is 37.4 Å². The van der Waals surface area contributed by atoms with Crippen LogP contribution in [0.1, 0.15) is 46.5 Å². The Bertz CT molecular complexity index is 574. The molecular weight excluding hydrogens is 316 g/mol. The minimum atomic E-state index is -0.309. The predicted octanol–water partition coefficient (Wildman–Crippen LogP) is 3.29. The van der Waals surface area contributed by atoms with E-state index in [9.17, 15) is 4.79 Å². The maximum absolute atomic E-state index is 12.5. The molecule has 0 N–H and O–H groups in total. The zero-order valence-corrected chi connectivity index (χ0v) is 15.7. The maximum atomic E-state index is 12.5. The zero-order valence-electron chi connectivity index (χ0n) is 15.7. The van der Waals surface area contributed by atoms with Gasteiger partial charge in [-0.05, 0) is 37.7 Å². The van der Waals surface area contributed by atoms with Gasteiger partial charge >= 0.3 is 0 Å². The van der Waals surface area contributed by atoms with Crippen LogP contribution in [0.4, 0.5) is 0 Å². The fourth-order valence-electron chi connectivity index (χ4n) is 4.05. The second-order valence-electron chi connectivity index (χ2n) is 8.25. The number of aromatic nitrogens is 1. The summed E-state index contributed by atoms with van der Waals surface area (Å²) in [5.41, 5.74) is -0.376. The van der Waals surface area contributed by atoms with Crippen molar-refractivity contribution in [2.75, 3.05) is 26.3 Å². The Morgan fingerprint density at radius 1 is 1.36 bits per heavy atom. The van der Waals surface area contributed by atoms with Gasteiger partial charge in [-0.2, -0.15) is 0 Å². The van der Waals surface area contributed by atoms with Gasteiger partial charge in [-0.3, -0.25) is 4.79 Å². The Labute approximate surface area is 150 Å². The van der Waals surface area contributed by atoms with Gasteiger partial charge in [0.15, 0.2) is 0 Å². The lowest BCUT2D eigenvalue weighted by atomic mass is 9.77. The van der Waals surface area contributed by atoms with Crippen molar-refractivity contribution in [3.8, 4) is 5.88 Å². The highest BCUT2D eigenvalue weighted by atomic mass is 16.5. The van der Waals surface area contributed by atoms with E-state index in [1.807, 2.05) is 43.9 Å². The van der Waals surface area contributed by atoms with Crippen molar-refractivity contribution in [2.24, 2.45) is 11.3 Å². The highest BCUT2D eigenvalue weighted by Gasteiger charge is 2.47. The normalized spacial score (nSPS) is 23.0. The summed E-state index contributed by atoms with van der Waals surface area (Å²) >= 11 is 0. The Hall–Kier alpha value is -1.62. The molecule has 1 aromatic heterocycles. The van der Waals surface area contributed by atoms with Crippen LogP contribution in [0, 0.1) is 11.3 Å². The molecule has 1 spiro atoms. The average Bonchev–Trinajstić information content (AvgIpc) is 2.97. The van der Waals surface area contributed by atoms with E-state index in [-0.39, 0.29) is 16.9 Å². The molecule has 2 saturated heterocycles. The fraction of sp³-hybridized carbons (Fsp3) is 0.700. The number of ether oxygens (including phenoxy) is 2. The van der Waals surface area contributed by atoms with Gasteiger partial charge in [0.05, 0.1) is 12.2 Å². The summed E-state index contributed by atoms with van der Waals surface area (Å²) in [5, 5.41) is 0. The molecule has 2 aliphatic rings. The first-order valence-corrected chi connectivity index (χ1v) is 9.38. The topological polar surface area (TPSA) is 51.7 Å². The molecule has 5 heteroatoms. The summed E-state index contributed by atoms with van der Waals surface area (Å²) in [7, 11) is 0. The summed E-state index contributed by atoms with van der Waals surface area (Å²) in [6.45, 7) is 9.05. The van der Waals surface area contributed by atoms with Crippen molar-refractivity contribution in [2.45, 2.75) is 52.1 Å². The third-order valence-electron chi connectivity index (χ3n) is 5.49. The molecule has 3 heterocycles. The Balaban J connectivity index is 1.52. The van der Waals surface area contributed by atoms with Crippen LogP contribution < -0.4 is 4.74 Å². The van der Waals surface area contributed by atoms with Gasteiger partial charge in [0.2, 0.25) is 11.8 Å². The van der Waals surface area contributed by atoms with Crippen LogP contribution in [0.15, 0.2) is 24.4 Å². The van der Waals surface area contributed by atoms with E-state index in [1.165, 1.54) is 0 Å². The third-order valence-corrected chi connectivity index (χ3v) is 5.49. The summed E-state index contributed by atoms with van der Waals surface area (Å²) in [5.74, 6) is 1.43. The first-order chi connectivity index (χ1) is 11.9. The molecule has 3 rings (SSSR count). The van der Waals surface area contributed by atoms with Crippen LogP contribution in [-0.4, -0.2) is 47.7 Å². The van der Waals surface area contributed by atoms with Crippen LogP contribution in [-0.2, 0) is 9.53 Å². The number of carbonyl (C=O) groups excluding carboxylic acids is 1. The number of piperidine rings is 1. The van der Waals surface area contributed by atoms with E-state index in [4.69, 9.17) is 9.47 Å². The maximum Gasteiger partial charge on any atom is 0.227 e. The largest absolute Gasteiger partial charge is 0.478 e.